The Labute approximate surface area is 96.8 Å². The quantitative estimate of drug-likeness (QED) is 0.668. The standard InChI is InChI=1S/C9H14F2N4O2/c1-17-3-8-14-6(12)2-7(15-8)13-4-9(10,11)5-16/h2,16H,3-5H2,1H3,(H3,12,13,14,15). The number of nitrogens with one attached hydrogen (secondary N) is 1. The third-order valence-electron chi connectivity index (χ3n) is 1.83. The minimum absolute atomic E-state index is 0.135. The molecule has 0 aliphatic carbocycles. The van der Waals surface area contributed by atoms with Gasteiger partial charge in [0.15, 0.2) is 5.82 Å². The zero-order valence-corrected chi connectivity index (χ0v) is 9.28. The van der Waals surface area contributed by atoms with Crippen LogP contribution in [0.5, 0.6) is 0 Å². The van der Waals surface area contributed by atoms with Gasteiger partial charge in [-0.15, -0.1) is 0 Å². The second-order valence-electron chi connectivity index (χ2n) is 3.39. The van der Waals surface area contributed by atoms with Crippen molar-refractivity contribution < 1.29 is 18.6 Å². The van der Waals surface area contributed by atoms with Gasteiger partial charge in [-0.2, -0.15) is 0 Å². The van der Waals surface area contributed by atoms with Gasteiger partial charge in [0.25, 0.3) is 5.92 Å². The number of hydrogen-bond acceptors (Lipinski definition) is 6. The number of alkyl halides is 2. The Bertz CT molecular complexity index is 376. The van der Waals surface area contributed by atoms with E-state index in [4.69, 9.17) is 15.6 Å². The molecule has 1 heterocycles. The van der Waals surface area contributed by atoms with E-state index in [2.05, 4.69) is 15.3 Å². The summed E-state index contributed by atoms with van der Waals surface area (Å²) in [6, 6.07) is 1.33. The van der Waals surface area contributed by atoms with E-state index in [0.29, 0.717) is 5.82 Å². The van der Waals surface area contributed by atoms with E-state index in [9.17, 15) is 8.78 Å². The number of aliphatic hydroxyl groups is 1. The van der Waals surface area contributed by atoms with Gasteiger partial charge in [0.05, 0.1) is 6.54 Å². The molecule has 0 spiro atoms. The monoisotopic (exact) mass is 248 g/mol. The van der Waals surface area contributed by atoms with Crippen LogP contribution in [0.4, 0.5) is 20.4 Å². The summed E-state index contributed by atoms with van der Waals surface area (Å²) in [6.45, 7) is -1.83. The highest BCUT2D eigenvalue weighted by Gasteiger charge is 2.27. The first-order valence-corrected chi connectivity index (χ1v) is 4.82. The maximum absolute atomic E-state index is 12.8. The molecule has 0 aromatic carbocycles. The first-order valence-electron chi connectivity index (χ1n) is 4.82. The number of aromatic nitrogens is 2. The van der Waals surface area contributed by atoms with Crippen molar-refractivity contribution in [3.8, 4) is 0 Å². The number of rotatable bonds is 6. The minimum atomic E-state index is -3.21. The Morgan fingerprint density at radius 1 is 1.53 bits per heavy atom. The average molecular weight is 248 g/mol. The Hall–Kier alpha value is -1.54. The molecule has 6 nitrogen and oxygen atoms in total. The number of ether oxygens (including phenoxy) is 1. The molecule has 0 unspecified atom stereocenters. The zero-order valence-electron chi connectivity index (χ0n) is 9.28. The summed E-state index contributed by atoms with van der Waals surface area (Å²) >= 11 is 0. The van der Waals surface area contributed by atoms with Crippen LogP contribution in [-0.4, -0.2) is 41.3 Å². The van der Waals surface area contributed by atoms with E-state index < -0.39 is 19.1 Å². The molecule has 0 aliphatic heterocycles. The molecule has 0 saturated carbocycles. The molecule has 96 valence electrons. The van der Waals surface area contributed by atoms with E-state index in [1.807, 2.05) is 0 Å². The van der Waals surface area contributed by atoms with Crippen LogP contribution >= 0.6 is 0 Å². The molecule has 0 fully saturated rings. The molecule has 0 atom stereocenters. The molecule has 4 N–H and O–H groups in total. The topological polar surface area (TPSA) is 93.3 Å². The lowest BCUT2D eigenvalue weighted by molar-refractivity contribution is -0.0373. The molecule has 1 aromatic heterocycles. The van der Waals surface area contributed by atoms with Crippen LogP contribution in [0.3, 0.4) is 0 Å². The van der Waals surface area contributed by atoms with E-state index in [-0.39, 0.29) is 18.2 Å². The van der Waals surface area contributed by atoms with Crippen LogP contribution in [-0.2, 0) is 11.3 Å². The number of anilines is 2. The van der Waals surface area contributed by atoms with Crippen LogP contribution in [0.1, 0.15) is 5.82 Å². The van der Waals surface area contributed by atoms with Gasteiger partial charge < -0.3 is 20.9 Å². The Kier molecular flexibility index (Phi) is 4.53. The lowest BCUT2D eigenvalue weighted by atomic mass is 10.3. The Morgan fingerprint density at radius 3 is 2.82 bits per heavy atom. The molecule has 0 aliphatic rings. The Morgan fingerprint density at radius 2 is 2.24 bits per heavy atom. The second kappa shape index (κ2) is 5.69. The molecule has 17 heavy (non-hydrogen) atoms. The third kappa shape index (κ3) is 4.45. The predicted octanol–water partition coefficient (Wildman–Crippen LogP) is 0.245. The van der Waals surface area contributed by atoms with Crippen molar-refractivity contribution in [2.24, 2.45) is 0 Å². The van der Waals surface area contributed by atoms with Crippen molar-refractivity contribution in [3.05, 3.63) is 11.9 Å². The van der Waals surface area contributed by atoms with Gasteiger partial charge in [-0.1, -0.05) is 0 Å². The summed E-state index contributed by atoms with van der Waals surface area (Å²) in [5.41, 5.74) is 5.48. The van der Waals surface area contributed by atoms with E-state index in [0.717, 1.165) is 0 Å². The molecule has 0 saturated heterocycles. The highest BCUT2D eigenvalue weighted by Crippen LogP contribution is 2.15. The van der Waals surface area contributed by atoms with E-state index in [1.54, 1.807) is 0 Å². The number of hydrogen-bond donors (Lipinski definition) is 3. The number of nitrogens with two attached hydrogens (primary N) is 1. The number of aliphatic hydroxyl groups excluding tert-OH is 1. The number of nitrogens with zero attached hydrogens (tertiary/aromatic N) is 2. The molecule has 1 aromatic rings. The molecule has 8 heteroatoms. The molecule has 0 radical (unpaired) electrons. The van der Waals surface area contributed by atoms with Gasteiger partial charge in [0.2, 0.25) is 0 Å². The molecule has 0 bridgehead atoms. The van der Waals surface area contributed by atoms with E-state index in [1.165, 1.54) is 13.2 Å². The van der Waals surface area contributed by atoms with Crippen LogP contribution in [0.15, 0.2) is 6.07 Å². The zero-order chi connectivity index (χ0) is 12.9. The molecular weight excluding hydrogens is 234 g/mol. The number of nitrogen functional groups attached to an aromatic ring is 1. The van der Waals surface area contributed by atoms with Crippen molar-refractivity contribution in [2.45, 2.75) is 12.5 Å². The van der Waals surface area contributed by atoms with Crippen LogP contribution in [0.2, 0.25) is 0 Å². The summed E-state index contributed by atoms with van der Waals surface area (Å²) in [4.78, 5) is 7.77. The fourth-order valence-electron chi connectivity index (χ4n) is 1.08. The highest BCUT2D eigenvalue weighted by molar-refractivity contribution is 5.44. The summed E-state index contributed by atoms with van der Waals surface area (Å²) in [5.74, 6) is -2.59. The van der Waals surface area contributed by atoms with Gasteiger partial charge in [-0.3, -0.25) is 0 Å². The molecule has 1 rings (SSSR count). The number of methoxy groups -OCH3 is 1. The number of halogens is 2. The molecular formula is C9H14F2N4O2. The summed E-state index contributed by atoms with van der Waals surface area (Å²) in [7, 11) is 1.46. The van der Waals surface area contributed by atoms with Crippen molar-refractivity contribution in [3.63, 3.8) is 0 Å². The van der Waals surface area contributed by atoms with Crippen LogP contribution in [0.25, 0.3) is 0 Å². The van der Waals surface area contributed by atoms with Gasteiger partial charge in [0, 0.05) is 13.2 Å². The van der Waals surface area contributed by atoms with Crippen molar-refractivity contribution in [2.75, 3.05) is 31.3 Å². The fourth-order valence-corrected chi connectivity index (χ4v) is 1.08. The normalized spacial score (nSPS) is 11.5. The lowest BCUT2D eigenvalue weighted by Gasteiger charge is -2.14. The van der Waals surface area contributed by atoms with Gasteiger partial charge in [0.1, 0.15) is 24.8 Å². The minimum Gasteiger partial charge on any atom is -0.390 e. The average Bonchev–Trinajstić information content (AvgIpc) is 2.26. The third-order valence-corrected chi connectivity index (χ3v) is 1.83. The van der Waals surface area contributed by atoms with Gasteiger partial charge >= 0.3 is 0 Å². The maximum Gasteiger partial charge on any atom is 0.287 e. The summed E-state index contributed by atoms with van der Waals surface area (Å²) < 4.78 is 30.4. The highest BCUT2D eigenvalue weighted by atomic mass is 19.3. The largest absolute Gasteiger partial charge is 0.390 e. The summed E-state index contributed by atoms with van der Waals surface area (Å²) in [6.07, 6.45) is 0. The van der Waals surface area contributed by atoms with Crippen LogP contribution in [0, 0.1) is 0 Å². The van der Waals surface area contributed by atoms with Gasteiger partial charge in [-0.05, 0) is 0 Å². The first-order chi connectivity index (χ1) is 7.96. The predicted molar refractivity (Wildman–Crippen MR) is 57.7 cm³/mol. The lowest BCUT2D eigenvalue weighted by Crippen LogP contribution is -2.31. The second-order valence-corrected chi connectivity index (χ2v) is 3.39. The molecule has 0 amide bonds. The van der Waals surface area contributed by atoms with E-state index >= 15 is 0 Å². The Balaban J connectivity index is 2.70. The fraction of sp³-hybridized carbons (Fsp3) is 0.556. The van der Waals surface area contributed by atoms with Gasteiger partial charge in [-0.25, -0.2) is 18.7 Å². The smallest absolute Gasteiger partial charge is 0.287 e. The van der Waals surface area contributed by atoms with Crippen molar-refractivity contribution >= 4 is 11.6 Å². The summed E-state index contributed by atoms with van der Waals surface area (Å²) in [5, 5.41) is 10.8. The first kappa shape index (κ1) is 13.5. The van der Waals surface area contributed by atoms with Crippen molar-refractivity contribution in [1.82, 2.24) is 9.97 Å². The van der Waals surface area contributed by atoms with Crippen molar-refractivity contribution in [1.29, 1.82) is 0 Å². The van der Waals surface area contributed by atoms with Crippen LogP contribution < -0.4 is 11.1 Å². The SMILES string of the molecule is COCc1nc(N)cc(NCC(F)(F)CO)n1. The maximum atomic E-state index is 12.8.